The van der Waals surface area contributed by atoms with E-state index in [0.29, 0.717) is 16.1 Å². The standard InChI is InChI=1S/C14H10ClF2N3/c1-7-5-10(17)12(6-9(7)16)20-13-8(15)3-2-4-11(13)19-14(20)18/h2-6H,1H3,(H2,18,19). The van der Waals surface area contributed by atoms with Crippen LogP contribution in [0.5, 0.6) is 0 Å². The Kier molecular flexibility index (Phi) is 2.87. The van der Waals surface area contributed by atoms with E-state index in [1.54, 1.807) is 18.2 Å². The number of fused-ring (bicyclic) bond motifs is 1. The van der Waals surface area contributed by atoms with Gasteiger partial charge in [0.05, 0.1) is 21.7 Å². The van der Waals surface area contributed by atoms with Crippen molar-refractivity contribution in [1.82, 2.24) is 9.55 Å². The van der Waals surface area contributed by atoms with Gasteiger partial charge in [-0.3, -0.25) is 4.57 Å². The summed E-state index contributed by atoms with van der Waals surface area (Å²) >= 11 is 6.12. The molecule has 0 radical (unpaired) electrons. The van der Waals surface area contributed by atoms with Gasteiger partial charge in [0.1, 0.15) is 11.6 Å². The molecule has 1 aromatic heterocycles. The van der Waals surface area contributed by atoms with Crippen LogP contribution >= 0.6 is 11.6 Å². The van der Waals surface area contributed by atoms with Gasteiger partial charge < -0.3 is 5.73 Å². The number of imidazole rings is 1. The molecule has 20 heavy (non-hydrogen) atoms. The van der Waals surface area contributed by atoms with Crippen LogP contribution < -0.4 is 5.73 Å². The Bertz CT molecular complexity index is 827. The van der Waals surface area contributed by atoms with Gasteiger partial charge in [-0.2, -0.15) is 0 Å². The molecule has 0 aliphatic rings. The van der Waals surface area contributed by atoms with Crippen LogP contribution in [0.25, 0.3) is 16.7 Å². The summed E-state index contributed by atoms with van der Waals surface area (Å²) in [6, 6.07) is 7.27. The second kappa shape index (κ2) is 4.45. The second-order valence-electron chi connectivity index (χ2n) is 4.47. The molecular weight excluding hydrogens is 284 g/mol. The molecule has 2 N–H and O–H groups in total. The van der Waals surface area contributed by atoms with Gasteiger partial charge in [-0.15, -0.1) is 0 Å². The lowest BCUT2D eigenvalue weighted by atomic mass is 10.2. The molecule has 0 aliphatic heterocycles. The van der Waals surface area contributed by atoms with Crippen molar-refractivity contribution >= 4 is 28.6 Å². The van der Waals surface area contributed by atoms with E-state index in [1.807, 2.05) is 0 Å². The fourth-order valence-electron chi connectivity index (χ4n) is 2.15. The number of nitrogens with two attached hydrogens (primary N) is 1. The van der Waals surface area contributed by atoms with Crippen LogP contribution in [0.2, 0.25) is 5.02 Å². The number of nitrogen functional groups attached to an aromatic ring is 1. The van der Waals surface area contributed by atoms with Crippen LogP contribution in [-0.4, -0.2) is 9.55 Å². The summed E-state index contributed by atoms with van der Waals surface area (Å²) in [5.74, 6) is -1.06. The average Bonchev–Trinajstić information content (AvgIpc) is 2.71. The minimum absolute atomic E-state index is 0.0128. The summed E-state index contributed by atoms with van der Waals surface area (Å²) in [4.78, 5) is 4.11. The van der Waals surface area contributed by atoms with E-state index < -0.39 is 11.6 Å². The molecule has 0 amide bonds. The SMILES string of the molecule is Cc1cc(F)c(-n2c(N)nc3cccc(Cl)c32)cc1F. The summed E-state index contributed by atoms with van der Waals surface area (Å²) in [6.45, 7) is 1.49. The molecule has 3 rings (SSSR count). The van der Waals surface area contributed by atoms with Gasteiger partial charge >= 0.3 is 0 Å². The summed E-state index contributed by atoms with van der Waals surface area (Å²) in [5, 5.41) is 0.368. The molecule has 0 unspecified atom stereocenters. The van der Waals surface area contributed by atoms with Crippen molar-refractivity contribution in [1.29, 1.82) is 0 Å². The molecule has 0 aliphatic carbocycles. The van der Waals surface area contributed by atoms with Gasteiger partial charge in [0.2, 0.25) is 5.95 Å². The van der Waals surface area contributed by atoms with Crippen LogP contribution in [0.1, 0.15) is 5.56 Å². The molecule has 6 heteroatoms. The smallest absolute Gasteiger partial charge is 0.206 e. The number of aryl methyl sites for hydroxylation is 1. The molecule has 0 saturated carbocycles. The number of benzene rings is 2. The van der Waals surface area contributed by atoms with Crippen molar-refractivity contribution < 1.29 is 8.78 Å². The molecule has 1 heterocycles. The Morgan fingerprint density at radius 1 is 1.20 bits per heavy atom. The Morgan fingerprint density at radius 2 is 1.95 bits per heavy atom. The summed E-state index contributed by atoms with van der Waals surface area (Å²) in [5.41, 5.74) is 7.00. The summed E-state index contributed by atoms with van der Waals surface area (Å²) < 4.78 is 29.1. The lowest BCUT2D eigenvalue weighted by Gasteiger charge is -2.10. The van der Waals surface area contributed by atoms with Crippen molar-refractivity contribution in [2.75, 3.05) is 5.73 Å². The molecule has 0 fully saturated rings. The second-order valence-corrected chi connectivity index (χ2v) is 4.87. The van der Waals surface area contributed by atoms with E-state index in [1.165, 1.54) is 11.5 Å². The minimum atomic E-state index is -0.588. The Hall–Kier alpha value is -2.14. The third-order valence-corrected chi connectivity index (χ3v) is 3.43. The molecule has 2 aromatic carbocycles. The average molecular weight is 294 g/mol. The van der Waals surface area contributed by atoms with Gasteiger partial charge in [-0.25, -0.2) is 13.8 Å². The highest BCUT2D eigenvalue weighted by atomic mass is 35.5. The van der Waals surface area contributed by atoms with Crippen molar-refractivity contribution in [3.63, 3.8) is 0 Å². The maximum atomic E-state index is 14.1. The van der Waals surface area contributed by atoms with Crippen molar-refractivity contribution in [3.05, 3.63) is 52.6 Å². The van der Waals surface area contributed by atoms with E-state index in [4.69, 9.17) is 17.3 Å². The number of rotatable bonds is 1. The first-order chi connectivity index (χ1) is 9.49. The Balaban J connectivity index is 2.41. The summed E-state index contributed by atoms with van der Waals surface area (Å²) in [7, 11) is 0. The highest BCUT2D eigenvalue weighted by molar-refractivity contribution is 6.35. The third-order valence-electron chi connectivity index (χ3n) is 3.12. The molecule has 0 saturated heterocycles. The number of para-hydroxylation sites is 1. The number of hydrogen-bond acceptors (Lipinski definition) is 2. The van der Waals surface area contributed by atoms with Crippen molar-refractivity contribution in [3.8, 4) is 5.69 Å². The Morgan fingerprint density at radius 3 is 2.70 bits per heavy atom. The zero-order valence-corrected chi connectivity index (χ0v) is 11.2. The van der Waals surface area contributed by atoms with Gasteiger partial charge in [0.15, 0.2) is 0 Å². The predicted octanol–water partition coefficient (Wildman–Crippen LogP) is 3.85. The third kappa shape index (κ3) is 1.82. The van der Waals surface area contributed by atoms with Gasteiger partial charge in [-0.1, -0.05) is 17.7 Å². The minimum Gasteiger partial charge on any atom is -0.369 e. The molecule has 3 aromatic rings. The van der Waals surface area contributed by atoms with E-state index in [-0.39, 0.29) is 17.2 Å². The van der Waals surface area contributed by atoms with E-state index in [0.717, 1.165) is 12.1 Å². The van der Waals surface area contributed by atoms with Crippen LogP contribution in [0.3, 0.4) is 0 Å². The Labute approximate surface area is 118 Å². The highest BCUT2D eigenvalue weighted by Gasteiger charge is 2.17. The predicted molar refractivity (Wildman–Crippen MR) is 75.1 cm³/mol. The first kappa shape index (κ1) is 12.9. The lowest BCUT2D eigenvalue weighted by Crippen LogP contribution is -2.04. The monoisotopic (exact) mass is 293 g/mol. The molecule has 3 nitrogen and oxygen atoms in total. The maximum absolute atomic E-state index is 14.1. The molecular formula is C14H10ClF2N3. The van der Waals surface area contributed by atoms with Gasteiger partial charge in [0.25, 0.3) is 0 Å². The quantitative estimate of drug-likeness (QED) is 0.740. The van der Waals surface area contributed by atoms with Crippen molar-refractivity contribution in [2.45, 2.75) is 6.92 Å². The van der Waals surface area contributed by atoms with Gasteiger partial charge in [0, 0.05) is 6.07 Å². The van der Waals surface area contributed by atoms with Crippen molar-refractivity contribution in [2.24, 2.45) is 0 Å². The van der Waals surface area contributed by atoms with E-state index in [9.17, 15) is 8.78 Å². The van der Waals surface area contributed by atoms with Crippen LogP contribution in [0.4, 0.5) is 14.7 Å². The maximum Gasteiger partial charge on any atom is 0.206 e. The van der Waals surface area contributed by atoms with E-state index >= 15 is 0 Å². The topological polar surface area (TPSA) is 43.8 Å². The van der Waals surface area contributed by atoms with Crippen LogP contribution in [0.15, 0.2) is 30.3 Å². The summed E-state index contributed by atoms with van der Waals surface area (Å²) in [6.07, 6.45) is 0. The van der Waals surface area contributed by atoms with E-state index in [2.05, 4.69) is 4.98 Å². The zero-order chi connectivity index (χ0) is 14.4. The largest absolute Gasteiger partial charge is 0.369 e. The first-order valence-corrected chi connectivity index (χ1v) is 6.25. The lowest BCUT2D eigenvalue weighted by molar-refractivity contribution is 0.587. The fraction of sp³-hybridized carbons (Fsp3) is 0.0714. The number of halogens is 3. The molecule has 102 valence electrons. The van der Waals surface area contributed by atoms with Crippen LogP contribution in [-0.2, 0) is 0 Å². The number of anilines is 1. The molecule has 0 bridgehead atoms. The number of nitrogens with zero attached hydrogens (tertiary/aromatic N) is 2. The fourth-order valence-corrected chi connectivity index (χ4v) is 2.41. The molecule has 0 atom stereocenters. The molecule has 0 spiro atoms. The van der Waals surface area contributed by atoms with Gasteiger partial charge in [-0.05, 0) is 30.7 Å². The number of aromatic nitrogens is 2. The highest BCUT2D eigenvalue weighted by Crippen LogP contribution is 2.30. The first-order valence-electron chi connectivity index (χ1n) is 5.87. The zero-order valence-electron chi connectivity index (χ0n) is 10.5. The normalized spacial score (nSPS) is 11.2. The number of hydrogen-bond donors (Lipinski definition) is 1. The van der Waals surface area contributed by atoms with Crippen LogP contribution in [0, 0.1) is 18.6 Å².